The van der Waals surface area contributed by atoms with Crippen LogP contribution in [0.4, 0.5) is 15.8 Å². The Morgan fingerprint density at radius 1 is 1.03 bits per heavy atom. The fourth-order valence-corrected chi connectivity index (χ4v) is 3.93. The standard InChI is InChI=1S/C21H18BrFN2O3S/c1-29(27,28)25(18-5-3-2-4-6-18)14-15-7-9-16(10-8-15)21(26)24-20-12-11-17(22)13-19(20)23/h2-13H,14H2,1H3,(H,24,26). The second kappa shape index (κ2) is 8.75. The molecule has 150 valence electrons. The molecule has 3 aromatic carbocycles. The molecule has 0 aliphatic rings. The number of benzene rings is 3. The average molecular weight is 477 g/mol. The Bertz CT molecular complexity index is 1120. The molecule has 3 aromatic rings. The van der Waals surface area contributed by atoms with Gasteiger partial charge in [-0.1, -0.05) is 46.3 Å². The molecule has 0 saturated carbocycles. The van der Waals surface area contributed by atoms with Gasteiger partial charge in [0.15, 0.2) is 0 Å². The summed E-state index contributed by atoms with van der Waals surface area (Å²) < 4.78 is 40.2. The Labute approximate surface area is 177 Å². The number of halogens is 2. The zero-order valence-electron chi connectivity index (χ0n) is 15.5. The Kier molecular flexibility index (Phi) is 6.34. The molecular formula is C21H18BrFN2O3S. The monoisotopic (exact) mass is 476 g/mol. The summed E-state index contributed by atoms with van der Waals surface area (Å²) in [6.45, 7) is 0.131. The highest BCUT2D eigenvalue weighted by Crippen LogP contribution is 2.22. The van der Waals surface area contributed by atoms with Crippen molar-refractivity contribution in [3.8, 4) is 0 Å². The molecule has 5 nitrogen and oxygen atoms in total. The number of nitrogens with one attached hydrogen (secondary N) is 1. The van der Waals surface area contributed by atoms with Crippen LogP contribution >= 0.6 is 15.9 Å². The van der Waals surface area contributed by atoms with Gasteiger partial charge in [0.25, 0.3) is 5.91 Å². The lowest BCUT2D eigenvalue weighted by Crippen LogP contribution is -2.29. The van der Waals surface area contributed by atoms with Gasteiger partial charge in [-0.05, 0) is 48.0 Å². The van der Waals surface area contributed by atoms with Crippen molar-refractivity contribution in [3.63, 3.8) is 0 Å². The van der Waals surface area contributed by atoms with Crippen LogP contribution in [0.15, 0.2) is 77.3 Å². The molecule has 29 heavy (non-hydrogen) atoms. The molecular weight excluding hydrogens is 459 g/mol. The number of hydrogen-bond donors (Lipinski definition) is 1. The van der Waals surface area contributed by atoms with Crippen molar-refractivity contribution >= 4 is 43.2 Å². The minimum absolute atomic E-state index is 0.0783. The van der Waals surface area contributed by atoms with Crippen LogP contribution in [0.1, 0.15) is 15.9 Å². The van der Waals surface area contributed by atoms with Gasteiger partial charge in [0, 0.05) is 10.0 Å². The molecule has 0 unspecified atom stereocenters. The first-order chi connectivity index (χ1) is 13.7. The number of nitrogens with zero attached hydrogens (tertiary/aromatic N) is 1. The van der Waals surface area contributed by atoms with E-state index in [1.165, 1.54) is 16.4 Å². The average Bonchev–Trinajstić information content (AvgIpc) is 2.68. The number of carbonyl (C=O) groups is 1. The number of carbonyl (C=O) groups excluding carboxylic acids is 1. The van der Waals surface area contributed by atoms with Gasteiger partial charge in [0.1, 0.15) is 5.82 Å². The Hall–Kier alpha value is -2.71. The second-order valence-electron chi connectivity index (χ2n) is 6.38. The number of hydrogen-bond acceptors (Lipinski definition) is 3. The molecule has 8 heteroatoms. The van der Waals surface area contributed by atoms with Crippen LogP contribution in [-0.4, -0.2) is 20.6 Å². The van der Waals surface area contributed by atoms with E-state index < -0.39 is 21.7 Å². The lowest BCUT2D eigenvalue weighted by Gasteiger charge is -2.22. The Morgan fingerprint density at radius 3 is 2.28 bits per heavy atom. The Morgan fingerprint density at radius 2 is 1.69 bits per heavy atom. The number of sulfonamides is 1. The molecule has 3 rings (SSSR count). The first-order valence-electron chi connectivity index (χ1n) is 8.62. The van der Waals surface area contributed by atoms with Gasteiger partial charge in [-0.15, -0.1) is 0 Å². The summed E-state index contributed by atoms with van der Waals surface area (Å²) in [5.74, 6) is -1.00. The van der Waals surface area contributed by atoms with Crippen molar-refractivity contribution in [1.82, 2.24) is 0 Å². The van der Waals surface area contributed by atoms with Crippen molar-refractivity contribution in [2.75, 3.05) is 15.9 Å². The van der Waals surface area contributed by atoms with E-state index >= 15 is 0 Å². The highest BCUT2D eigenvalue weighted by molar-refractivity contribution is 9.10. The molecule has 0 saturated heterocycles. The molecule has 0 radical (unpaired) electrons. The van der Waals surface area contributed by atoms with Crippen LogP contribution in [0.25, 0.3) is 0 Å². The van der Waals surface area contributed by atoms with Gasteiger partial charge < -0.3 is 5.32 Å². The summed E-state index contributed by atoms with van der Waals surface area (Å²) in [4.78, 5) is 12.4. The lowest BCUT2D eigenvalue weighted by atomic mass is 10.1. The smallest absolute Gasteiger partial charge is 0.255 e. The largest absolute Gasteiger partial charge is 0.319 e. The topological polar surface area (TPSA) is 66.5 Å². The Balaban J connectivity index is 1.76. The summed E-state index contributed by atoms with van der Waals surface area (Å²) in [5, 5.41) is 2.52. The first-order valence-corrected chi connectivity index (χ1v) is 11.3. The fourth-order valence-electron chi connectivity index (χ4n) is 2.71. The molecule has 0 spiro atoms. The lowest BCUT2D eigenvalue weighted by molar-refractivity contribution is 0.102. The van der Waals surface area contributed by atoms with Crippen LogP contribution in [0.3, 0.4) is 0 Å². The highest BCUT2D eigenvalue weighted by atomic mass is 79.9. The maximum atomic E-state index is 13.9. The maximum Gasteiger partial charge on any atom is 0.255 e. The van der Waals surface area contributed by atoms with E-state index in [4.69, 9.17) is 0 Å². The van der Waals surface area contributed by atoms with E-state index in [9.17, 15) is 17.6 Å². The third kappa shape index (κ3) is 5.42. The van der Waals surface area contributed by atoms with Gasteiger partial charge in [-0.25, -0.2) is 12.8 Å². The van der Waals surface area contributed by atoms with Crippen LogP contribution < -0.4 is 9.62 Å². The zero-order valence-corrected chi connectivity index (χ0v) is 17.9. The molecule has 0 bridgehead atoms. The minimum atomic E-state index is -3.48. The van der Waals surface area contributed by atoms with Crippen LogP contribution in [0.2, 0.25) is 0 Å². The third-order valence-corrected chi connectivity index (χ3v) is 5.80. The van der Waals surface area contributed by atoms with E-state index in [0.29, 0.717) is 21.3 Å². The highest BCUT2D eigenvalue weighted by Gasteiger charge is 2.18. The molecule has 0 aromatic heterocycles. The van der Waals surface area contributed by atoms with Crippen molar-refractivity contribution in [3.05, 3.63) is 94.2 Å². The van der Waals surface area contributed by atoms with E-state index in [1.54, 1.807) is 54.6 Å². The van der Waals surface area contributed by atoms with Crippen LogP contribution in [-0.2, 0) is 16.6 Å². The molecule has 0 aliphatic heterocycles. The third-order valence-electron chi connectivity index (χ3n) is 4.17. The van der Waals surface area contributed by atoms with Gasteiger partial charge >= 0.3 is 0 Å². The number of amides is 1. The summed E-state index contributed by atoms with van der Waals surface area (Å²) in [7, 11) is -3.48. The van der Waals surface area contributed by atoms with Gasteiger partial charge in [0.05, 0.1) is 24.2 Å². The molecule has 0 heterocycles. The summed E-state index contributed by atoms with van der Waals surface area (Å²) >= 11 is 3.17. The predicted molar refractivity (Wildman–Crippen MR) is 116 cm³/mol. The van der Waals surface area contributed by atoms with Gasteiger partial charge in [0.2, 0.25) is 10.0 Å². The number of para-hydroxylation sites is 1. The molecule has 0 aliphatic carbocycles. The molecule has 0 atom stereocenters. The van der Waals surface area contributed by atoms with Gasteiger partial charge in [-0.2, -0.15) is 0 Å². The number of rotatable bonds is 6. The van der Waals surface area contributed by atoms with E-state index in [-0.39, 0.29) is 12.2 Å². The summed E-state index contributed by atoms with van der Waals surface area (Å²) in [5.41, 5.74) is 1.68. The molecule has 1 amide bonds. The van der Waals surface area contributed by atoms with Crippen LogP contribution in [0.5, 0.6) is 0 Å². The van der Waals surface area contributed by atoms with E-state index in [2.05, 4.69) is 21.2 Å². The fraction of sp³-hybridized carbons (Fsp3) is 0.0952. The van der Waals surface area contributed by atoms with E-state index in [0.717, 1.165) is 6.26 Å². The second-order valence-corrected chi connectivity index (χ2v) is 9.20. The van der Waals surface area contributed by atoms with Crippen LogP contribution in [0, 0.1) is 5.82 Å². The normalized spacial score (nSPS) is 11.1. The van der Waals surface area contributed by atoms with Crippen molar-refractivity contribution in [2.45, 2.75) is 6.54 Å². The van der Waals surface area contributed by atoms with Gasteiger partial charge in [-0.3, -0.25) is 9.10 Å². The van der Waals surface area contributed by atoms with Crippen molar-refractivity contribution in [1.29, 1.82) is 0 Å². The van der Waals surface area contributed by atoms with Crippen molar-refractivity contribution in [2.24, 2.45) is 0 Å². The zero-order chi connectivity index (χ0) is 21.0. The first kappa shape index (κ1) is 21.0. The van der Waals surface area contributed by atoms with E-state index in [1.807, 2.05) is 6.07 Å². The predicted octanol–water partition coefficient (Wildman–Crippen LogP) is 4.81. The maximum absolute atomic E-state index is 13.9. The quantitative estimate of drug-likeness (QED) is 0.555. The molecule has 1 N–H and O–H groups in total. The summed E-state index contributed by atoms with van der Waals surface area (Å²) in [6.07, 6.45) is 1.15. The number of anilines is 2. The minimum Gasteiger partial charge on any atom is -0.319 e. The molecule has 0 fully saturated rings. The summed E-state index contributed by atoms with van der Waals surface area (Å²) in [6, 6.07) is 19.6. The van der Waals surface area contributed by atoms with Crippen molar-refractivity contribution < 1.29 is 17.6 Å². The SMILES string of the molecule is CS(=O)(=O)N(Cc1ccc(C(=O)Nc2ccc(Br)cc2F)cc1)c1ccccc1.